The van der Waals surface area contributed by atoms with E-state index < -0.39 is 102 Å². The van der Waals surface area contributed by atoms with Crippen LogP contribution < -0.4 is 26.6 Å². The van der Waals surface area contributed by atoms with Gasteiger partial charge in [0.15, 0.2) is 0 Å². The van der Waals surface area contributed by atoms with Gasteiger partial charge in [0.1, 0.15) is 24.8 Å². The molecule has 1 aliphatic carbocycles. The third-order valence-electron chi connectivity index (χ3n) is 15.8. The summed E-state index contributed by atoms with van der Waals surface area (Å²) < 4.78 is 23.5. The summed E-state index contributed by atoms with van der Waals surface area (Å²) in [5.41, 5.74) is 1.52. The fourth-order valence-electron chi connectivity index (χ4n) is 10.9. The zero-order valence-electron chi connectivity index (χ0n) is 50.7. The molecule has 0 radical (unpaired) electrons. The summed E-state index contributed by atoms with van der Waals surface area (Å²) in [5, 5.41) is 25.0. The Kier molecular flexibility index (Phi) is 28.9. The van der Waals surface area contributed by atoms with Crippen molar-refractivity contribution in [1.29, 1.82) is 0 Å². The number of nitrogens with one attached hydrogen (secondary N) is 5. The van der Waals surface area contributed by atoms with Gasteiger partial charge in [-0.25, -0.2) is 9.59 Å². The predicted molar refractivity (Wildman–Crippen MR) is 321 cm³/mol. The maximum absolute atomic E-state index is 14.8. The number of aliphatic hydroxyl groups is 1. The summed E-state index contributed by atoms with van der Waals surface area (Å²) in [5.74, 6) is -4.01. The Morgan fingerprint density at radius 2 is 1.51 bits per heavy atom. The van der Waals surface area contributed by atoms with Gasteiger partial charge in [-0.15, -0.1) is 0 Å². The molecule has 0 spiro atoms. The number of carbonyl (C=O) groups is 8. The number of alkyl halides is 1. The molecule has 6 N–H and O–H groups in total. The molecule has 2 aromatic carbocycles. The highest BCUT2D eigenvalue weighted by Crippen LogP contribution is 2.31. The van der Waals surface area contributed by atoms with Crippen LogP contribution in [0.25, 0.3) is 0 Å². The second-order valence-corrected chi connectivity index (χ2v) is 23.2. The van der Waals surface area contributed by atoms with Crippen LogP contribution in [0.2, 0.25) is 0 Å². The summed E-state index contributed by atoms with van der Waals surface area (Å²) >= 11 is 3.08. The van der Waals surface area contributed by atoms with E-state index in [0.717, 1.165) is 25.7 Å². The third-order valence-corrected chi connectivity index (χ3v) is 16.3. The molecule has 2 aromatic rings. The van der Waals surface area contributed by atoms with Crippen LogP contribution in [0.5, 0.6) is 0 Å². The molecular formula is C61H93BrN8O13. The number of hydrogen-bond acceptors (Lipinski definition) is 13. The molecule has 462 valence electrons. The van der Waals surface area contributed by atoms with Crippen molar-refractivity contribution < 1.29 is 62.4 Å². The smallest absolute Gasteiger partial charge is 0.412 e. The van der Waals surface area contributed by atoms with Crippen LogP contribution in [-0.2, 0) is 54.3 Å². The minimum absolute atomic E-state index is 0.0626. The third kappa shape index (κ3) is 20.6. The van der Waals surface area contributed by atoms with E-state index in [-0.39, 0.29) is 66.3 Å². The van der Waals surface area contributed by atoms with E-state index >= 15 is 0 Å². The number of aliphatic hydroxyl groups excluding tert-OH is 1. The SMILES string of the molecule is CC[C@H](C)[C@@H]([C@@H](CC(=O)N1CCC[C@H]1[C@H](OC)[C@@H](C)C(=O)N[C@H](C)[C@@H](O)c1ccccc1)OC)N(C)C(=O)[C@H](NC(=O)[C@H](C(C)C)N(C)C(=O)OCc1ccc(NC(=O)OC2/C=C/CCCCC2)c(NC(=O)CCNC(=O)CBr)c1)C(C)C. The van der Waals surface area contributed by atoms with Gasteiger partial charge in [0.2, 0.25) is 35.4 Å². The molecule has 22 heteroatoms. The zero-order valence-corrected chi connectivity index (χ0v) is 52.3. The number of rotatable bonds is 29. The van der Waals surface area contributed by atoms with E-state index in [0.29, 0.717) is 43.4 Å². The number of amides is 8. The lowest BCUT2D eigenvalue weighted by Crippen LogP contribution is -2.60. The molecule has 1 fully saturated rings. The van der Waals surface area contributed by atoms with E-state index in [2.05, 4.69) is 42.5 Å². The Hall–Kier alpha value is -6.10. The number of carbonyl (C=O) groups excluding carboxylic acids is 8. The van der Waals surface area contributed by atoms with Gasteiger partial charge in [-0.2, -0.15) is 0 Å². The number of methoxy groups -OCH3 is 2. The minimum Gasteiger partial charge on any atom is -0.445 e. The quantitative estimate of drug-likeness (QED) is 0.0335. The average Bonchev–Trinajstić information content (AvgIpc) is 4.15. The van der Waals surface area contributed by atoms with Gasteiger partial charge in [-0.1, -0.05) is 120 Å². The number of ether oxygens (including phenoxy) is 4. The van der Waals surface area contributed by atoms with Crippen LogP contribution in [0, 0.1) is 23.7 Å². The topological polar surface area (TPSA) is 264 Å². The Balaban J connectivity index is 1.46. The lowest BCUT2D eigenvalue weighted by molar-refractivity contribution is -0.148. The van der Waals surface area contributed by atoms with Gasteiger partial charge in [0.05, 0.1) is 65.5 Å². The number of benzene rings is 2. The lowest BCUT2D eigenvalue weighted by Gasteiger charge is -2.41. The van der Waals surface area contributed by atoms with E-state index in [1.54, 1.807) is 88.7 Å². The van der Waals surface area contributed by atoms with Crippen LogP contribution in [0.4, 0.5) is 21.0 Å². The first kappa shape index (κ1) is 69.4. The molecule has 1 unspecified atom stereocenters. The van der Waals surface area contributed by atoms with Gasteiger partial charge in [0.25, 0.3) is 0 Å². The second kappa shape index (κ2) is 34.6. The highest BCUT2D eigenvalue weighted by molar-refractivity contribution is 9.09. The van der Waals surface area contributed by atoms with Crippen LogP contribution in [0.15, 0.2) is 60.7 Å². The van der Waals surface area contributed by atoms with Crippen molar-refractivity contribution in [2.75, 3.05) is 57.4 Å². The van der Waals surface area contributed by atoms with Crippen LogP contribution >= 0.6 is 15.9 Å². The molecular weight excluding hydrogens is 1130 g/mol. The standard InChI is InChI=1S/C61H93BrN8O13/c1-13-39(6)54(48(80-11)34-51(73)70-32-22-27-47(70)56(81-12)40(7)57(75)64-41(8)55(74)43-23-18-17-19-24-43)68(9)59(77)52(37(2)3)67-58(76)53(38(4)5)69(10)61(79)82-36-42-28-29-45(46(33-42)65-49(71)30-31-63-50(72)35-62)66-60(78)83-44-25-20-15-14-16-21-26-44/h17-20,23-25,28-29,33,37-41,44,47-48,52-56,74H,13-16,21-22,26-27,30-32,34-36H2,1-12H3,(H,63,72)(H,64,75)(H,65,71)(H,66,78)(H,67,76)/b25-20+/t39-,40+,41+,44?,47-,48+,52+,53-,54-,55+,56+/m0/s1. The summed E-state index contributed by atoms with van der Waals surface area (Å²) in [6, 6.07) is 9.98. The van der Waals surface area contributed by atoms with Crippen LogP contribution in [0.3, 0.4) is 0 Å². The van der Waals surface area contributed by atoms with Crippen LogP contribution in [0.1, 0.15) is 137 Å². The second-order valence-electron chi connectivity index (χ2n) is 22.6. The molecule has 1 heterocycles. The summed E-state index contributed by atoms with van der Waals surface area (Å²) in [7, 11) is 6.10. The molecule has 0 aromatic heterocycles. The van der Waals surface area contributed by atoms with Crippen molar-refractivity contribution in [3.8, 4) is 0 Å². The first-order valence-corrected chi connectivity index (χ1v) is 30.3. The van der Waals surface area contributed by atoms with Gasteiger partial charge in [-0.3, -0.25) is 39.0 Å². The maximum atomic E-state index is 14.8. The molecule has 0 saturated carbocycles. The minimum atomic E-state index is -1.09. The molecule has 11 atom stereocenters. The first-order valence-electron chi connectivity index (χ1n) is 29.2. The van der Waals surface area contributed by atoms with Gasteiger partial charge < -0.3 is 55.1 Å². The predicted octanol–water partition coefficient (Wildman–Crippen LogP) is 7.86. The fourth-order valence-corrected chi connectivity index (χ4v) is 11.1. The molecule has 1 aliphatic heterocycles. The maximum Gasteiger partial charge on any atom is 0.412 e. The van der Waals surface area contributed by atoms with Crippen molar-refractivity contribution in [3.63, 3.8) is 0 Å². The fraction of sp³-hybridized carbons (Fsp3) is 0.639. The number of allylic oxidation sites excluding steroid dienone is 1. The van der Waals surface area contributed by atoms with Crippen molar-refractivity contribution in [3.05, 3.63) is 71.8 Å². The van der Waals surface area contributed by atoms with E-state index in [1.165, 1.54) is 26.2 Å². The number of likely N-dealkylation sites (N-methyl/N-ethyl adjacent to an activating group) is 2. The number of nitrogens with zero attached hydrogens (tertiary/aromatic N) is 3. The first-order chi connectivity index (χ1) is 39.5. The molecule has 83 heavy (non-hydrogen) atoms. The van der Waals surface area contributed by atoms with Crippen molar-refractivity contribution in [2.24, 2.45) is 23.7 Å². The number of anilines is 2. The van der Waals surface area contributed by atoms with Crippen LogP contribution in [-0.4, -0.2) is 163 Å². The van der Waals surface area contributed by atoms with Crippen molar-refractivity contribution in [2.45, 2.75) is 181 Å². The van der Waals surface area contributed by atoms with Gasteiger partial charge in [-0.05, 0) is 92.5 Å². The summed E-state index contributed by atoms with van der Waals surface area (Å²) in [6.07, 6.45) is 5.88. The lowest BCUT2D eigenvalue weighted by atomic mass is 9.89. The Morgan fingerprint density at radius 3 is 2.14 bits per heavy atom. The molecule has 21 nitrogen and oxygen atoms in total. The summed E-state index contributed by atoms with van der Waals surface area (Å²) in [6.45, 7) is 14.8. The Labute approximate surface area is 499 Å². The highest BCUT2D eigenvalue weighted by atomic mass is 79.9. The van der Waals surface area contributed by atoms with Crippen molar-refractivity contribution >= 4 is 74.9 Å². The van der Waals surface area contributed by atoms with Crippen molar-refractivity contribution in [1.82, 2.24) is 30.7 Å². The average molecular weight is 1230 g/mol. The van der Waals surface area contributed by atoms with E-state index in [1.807, 2.05) is 44.2 Å². The number of hydrogen-bond donors (Lipinski definition) is 6. The van der Waals surface area contributed by atoms with E-state index in [9.17, 15) is 43.5 Å². The molecule has 2 aliphatic rings. The number of likely N-dealkylation sites (tertiary alicyclic amines) is 1. The highest BCUT2D eigenvalue weighted by Gasteiger charge is 2.44. The largest absolute Gasteiger partial charge is 0.445 e. The molecule has 1 saturated heterocycles. The zero-order chi connectivity index (χ0) is 61.5. The molecule has 0 bridgehead atoms. The normalized spacial score (nSPS) is 19.0. The van der Waals surface area contributed by atoms with Gasteiger partial charge >= 0.3 is 12.2 Å². The summed E-state index contributed by atoms with van der Waals surface area (Å²) in [4.78, 5) is 114. The Morgan fingerprint density at radius 1 is 0.795 bits per heavy atom. The Bertz CT molecular complexity index is 2480. The monoisotopic (exact) mass is 1220 g/mol. The van der Waals surface area contributed by atoms with Gasteiger partial charge in [0, 0.05) is 47.8 Å². The molecule has 4 rings (SSSR count). The molecule has 8 amide bonds. The van der Waals surface area contributed by atoms with E-state index in [4.69, 9.17) is 18.9 Å². The number of halogens is 1.